The molecule has 10 aromatic rings. The lowest BCUT2D eigenvalue weighted by atomic mass is 9.82. The number of hydrogen-bond acceptors (Lipinski definition) is 2. The van der Waals surface area contributed by atoms with Crippen molar-refractivity contribution in [2.45, 2.75) is 38.5 Å². The Kier molecular flexibility index (Phi) is 10.6. The van der Waals surface area contributed by atoms with Gasteiger partial charge in [-0.1, -0.05) is 210 Å². The van der Waals surface area contributed by atoms with Crippen molar-refractivity contribution < 1.29 is 0 Å². The van der Waals surface area contributed by atoms with Gasteiger partial charge >= 0.3 is 0 Å². The normalized spacial score (nSPS) is 13.6. The van der Waals surface area contributed by atoms with E-state index >= 15 is 0 Å². The molecule has 2 heteroatoms. The summed E-state index contributed by atoms with van der Waals surface area (Å²) in [6.45, 7) is 9.38. The molecule has 10 aromatic carbocycles. The largest absolute Gasteiger partial charge is 0.310 e. The van der Waals surface area contributed by atoms with E-state index in [9.17, 15) is 0 Å². The third-order valence-corrected chi connectivity index (χ3v) is 14.9. The van der Waals surface area contributed by atoms with Gasteiger partial charge in [0.05, 0.1) is 0 Å². The van der Waals surface area contributed by atoms with Crippen molar-refractivity contribution in [2.75, 3.05) is 9.80 Å². The minimum Gasteiger partial charge on any atom is -0.310 e. The number of benzene rings is 10. The lowest BCUT2D eigenvalue weighted by Gasteiger charge is -2.28. The van der Waals surface area contributed by atoms with Crippen LogP contribution in [0.1, 0.15) is 61.1 Å². The zero-order chi connectivity index (χ0) is 47.4. The number of nitrogens with zero attached hydrogens (tertiary/aromatic N) is 2. The summed E-state index contributed by atoms with van der Waals surface area (Å²) in [6, 6.07) is 88.7. The van der Waals surface area contributed by atoms with Gasteiger partial charge in [0.2, 0.25) is 0 Å². The molecule has 0 spiro atoms. The van der Waals surface area contributed by atoms with Crippen LogP contribution in [0.25, 0.3) is 56.7 Å². The second-order valence-electron chi connectivity index (χ2n) is 19.8. The summed E-state index contributed by atoms with van der Waals surface area (Å²) in [5.41, 5.74) is 24.6. The monoisotopic (exact) mass is 898 g/mol. The maximum absolute atomic E-state index is 2.39. The van der Waals surface area contributed by atoms with Crippen molar-refractivity contribution in [3.8, 4) is 44.5 Å². The molecule has 70 heavy (non-hydrogen) atoms. The van der Waals surface area contributed by atoms with E-state index in [0.29, 0.717) is 0 Å². The molecule has 0 radical (unpaired) electrons. The van der Waals surface area contributed by atoms with Gasteiger partial charge in [0.15, 0.2) is 0 Å². The van der Waals surface area contributed by atoms with Crippen LogP contribution in [0.4, 0.5) is 34.1 Å². The third-order valence-electron chi connectivity index (χ3n) is 14.9. The van der Waals surface area contributed by atoms with Gasteiger partial charge in [-0.3, -0.25) is 0 Å². The molecule has 0 saturated carbocycles. The number of anilines is 6. The van der Waals surface area contributed by atoms with Crippen molar-refractivity contribution in [1.82, 2.24) is 0 Å². The van der Waals surface area contributed by atoms with Crippen molar-refractivity contribution in [1.29, 1.82) is 0 Å². The fourth-order valence-electron chi connectivity index (χ4n) is 11.1. The maximum Gasteiger partial charge on any atom is 0.0465 e. The lowest BCUT2D eigenvalue weighted by Crippen LogP contribution is -2.16. The number of fused-ring (bicyclic) bond motifs is 6. The topological polar surface area (TPSA) is 6.48 Å². The second-order valence-corrected chi connectivity index (χ2v) is 19.8. The summed E-state index contributed by atoms with van der Waals surface area (Å²) in [4.78, 5) is 4.74. The number of hydrogen-bond donors (Lipinski definition) is 0. The highest BCUT2D eigenvalue weighted by Gasteiger charge is 2.37. The molecule has 0 unspecified atom stereocenters. The van der Waals surface area contributed by atoms with Crippen LogP contribution in [0.3, 0.4) is 0 Å². The van der Waals surface area contributed by atoms with Crippen LogP contribution in [0.2, 0.25) is 0 Å². The van der Waals surface area contributed by atoms with Crippen LogP contribution in [0.15, 0.2) is 243 Å². The summed E-state index contributed by atoms with van der Waals surface area (Å²) < 4.78 is 0. The first-order valence-electron chi connectivity index (χ1n) is 24.5. The molecule has 0 bridgehead atoms. The Morgan fingerprint density at radius 1 is 0.257 bits per heavy atom. The van der Waals surface area contributed by atoms with E-state index in [1.165, 1.54) is 66.8 Å². The third kappa shape index (κ3) is 7.54. The zero-order valence-electron chi connectivity index (χ0n) is 40.1. The molecule has 12 rings (SSSR count). The van der Waals surface area contributed by atoms with E-state index in [1.54, 1.807) is 0 Å². The Morgan fingerprint density at radius 3 is 0.914 bits per heavy atom. The van der Waals surface area contributed by atoms with Crippen LogP contribution < -0.4 is 9.80 Å². The molecule has 0 aliphatic heterocycles. The minimum absolute atomic E-state index is 0.0707. The average Bonchev–Trinajstić information content (AvgIpc) is 3.78. The molecule has 2 nitrogen and oxygen atoms in total. The maximum atomic E-state index is 2.39. The van der Waals surface area contributed by atoms with Gasteiger partial charge < -0.3 is 9.80 Å². The molecule has 2 aliphatic carbocycles. The Morgan fingerprint density at radius 2 is 0.543 bits per heavy atom. The quantitative estimate of drug-likeness (QED) is 0.126. The molecule has 0 N–H and O–H groups in total. The molecule has 0 fully saturated rings. The van der Waals surface area contributed by atoms with E-state index in [4.69, 9.17) is 0 Å². The molecule has 2 aliphatic rings. The van der Waals surface area contributed by atoms with Crippen molar-refractivity contribution in [3.63, 3.8) is 0 Å². The molecular formula is C68H54N2. The minimum atomic E-state index is -0.0707. The highest BCUT2D eigenvalue weighted by atomic mass is 15.1. The molecule has 0 heterocycles. The predicted molar refractivity (Wildman–Crippen MR) is 297 cm³/mol. The lowest BCUT2D eigenvalue weighted by molar-refractivity contribution is 0.660. The van der Waals surface area contributed by atoms with Crippen LogP contribution in [0.5, 0.6) is 0 Å². The van der Waals surface area contributed by atoms with Gasteiger partial charge in [-0.05, 0) is 151 Å². The van der Waals surface area contributed by atoms with Gasteiger partial charge in [0, 0.05) is 45.0 Å². The summed E-state index contributed by atoms with van der Waals surface area (Å²) in [6.07, 6.45) is 4.39. The Hall–Kier alpha value is -8.46. The predicted octanol–water partition coefficient (Wildman–Crippen LogP) is 18.7. The van der Waals surface area contributed by atoms with E-state index in [-0.39, 0.29) is 10.8 Å². The Balaban J connectivity index is 0.741. The van der Waals surface area contributed by atoms with Gasteiger partial charge in [0.25, 0.3) is 0 Å². The fraction of sp³-hybridized carbons (Fsp3) is 0.0882. The highest BCUT2D eigenvalue weighted by Crippen LogP contribution is 2.52. The standard InChI is InChI=1S/C68H54N2/c1-67(2)63-21-13-11-19-59(63)61-43-41-57(45-65(61)67)69(53-15-7-5-8-16-53)55-37-33-51(34-38-55)49-29-25-47(26-30-49)23-24-48-27-31-50(32-28-48)52-35-39-56(40-36-52)70(54-17-9-6-10-18-54)58-42-44-62-60-20-12-14-22-64(60)68(3,4)66(62)46-58/h5-46H,1-4H3/b24-23+. The highest BCUT2D eigenvalue weighted by molar-refractivity contribution is 5.88. The summed E-state index contributed by atoms with van der Waals surface area (Å²) in [7, 11) is 0. The summed E-state index contributed by atoms with van der Waals surface area (Å²) in [5, 5.41) is 0. The smallest absolute Gasteiger partial charge is 0.0465 e. The van der Waals surface area contributed by atoms with Gasteiger partial charge in [-0.2, -0.15) is 0 Å². The SMILES string of the molecule is CC1(C)c2ccccc2-c2ccc(N(c3ccccc3)c3ccc(-c4ccc(/C=C/c5ccc(-c6ccc(N(c7ccccc7)c7ccc8c(c7)C(C)(C)c7ccccc7-8)cc6)cc5)cc4)cc3)cc21. The summed E-state index contributed by atoms with van der Waals surface area (Å²) >= 11 is 0. The number of rotatable bonds is 10. The molecule has 0 atom stereocenters. The van der Waals surface area contributed by atoms with Crippen LogP contribution in [-0.4, -0.2) is 0 Å². The molecular weight excluding hydrogens is 845 g/mol. The van der Waals surface area contributed by atoms with Crippen molar-refractivity contribution in [2.24, 2.45) is 0 Å². The van der Waals surface area contributed by atoms with Crippen molar-refractivity contribution >= 4 is 46.3 Å². The van der Waals surface area contributed by atoms with Gasteiger partial charge in [0.1, 0.15) is 0 Å². The molecule has 0 amide bonds. The van der Waals surface area contributed by atoms with E-state index in [2.05, 4.69) is 292 Å². The number of para-hydroxylation sites is 2. The van der Waals surface area contributed by atoms with Crippen LogP contribution >= 0.6 is 0 Å². The first-order chi connectivity index (χ1) is 34.2. The van der Waals surface area contributed by atoms with E-state index < -0.39 is 0 Å². The first kappa shape index (κ1) is 42.9. The first-order valence-corrected chi connectivity index (χ1v) is 24.5. The molecule has 0 saturated heterocycles. The second kappa shape index (κ2) is 17.3. The zero-order valence-corrected chi connectivity index (χ0v) is 40.1. The molecule has 336 valence electrons. The summed E-state index contributed by atoms with van der Waals surface area (Å²) in [5.74, 6) is 0. The average molecular weight is 899 g/mol. The van der Waals surface area contributed by atoms with E-state index in [0.717, 1.165) is 45.3 Å². The van der Waals surface area contributed by atoms with Crippen LogP contribution in [0, 0.1) is 0 Å². The Bertz CT molecular complexity index is 3310. The Labute approximate surface area is 413 Å². The van der Waals surface area contributed by atoms with Crippen LogP contribution in [-0.2, 0) is 10.8 Å². The molecule has 0 aromatic heterocycles. The van der Waals surface area contributed by atoms with Gasteiger partial charge in [-0.25, -0.2) is 0 Å². The van der Waals surface area contributed by atoms with Crippen molar-refractivity contribution in [3.05, 3.63) is 276 Å². The van der Waals surface area contributed by atoms with Gasteiger partial charge in [-0.15, -0.1) is 0 Å². The fourth-order valence-corrected chi connectivity index (χ4v) is 11.1. The van der Waals surface area contributed by atoms with E-state index in [1.807, 2.05) is 0 Å².